The SMILES string of the molecule is N=CSCc1ccccn1. The van der Waals surface area contributed by atoms with Gasteiger partial charge < -0.3 is 5.41 Å². The van der Waals surface area contributed by atoms with Crippen LogP contribution in [-0.2, 0) is 5.75 Å². The lowest BCUT2D eigenvalue weighted by atomic mass is 10.4. The van der Waals surface area contributed by atoms with Crippen molar-refractivity contribution in [2.75, 3.05) is 0 Å². The number of pyridine rings is 1. The van der Waals surface area contributed by atoms with Crippen molar-refractivity contribution in [3.8, 4) is 0 Å². The van der Waals surface area contributed by atoms with E-state index in [0.717, 1.165) is 11.4 Å². The molecule has 0 saturated carbocycles. The number of thioether (sulfide) groups is 1. The summed E-state index contributed by atoms with van der Waals surface area (Å²) in [6.07, 6.45) is 1.76. The maximum Gasteiger partial charge on any atom is 0.0510 e. The van der Waals surface area contributed by atoms with Crippen LogP contribution in [0.5, 0.6) is 0 Å². The Bertz CT molecular complexity index is 198. The van der Waals surface area contributed by atoms with Crippen molar-refractivity contribution in [3.63, 3.8) is 0 Å². The minimum Gasteiger partial charge on any atom is -0.302 e. The lowest BCUT2D eigenvalue weighted by molar-refractivity contribution is 1.18. The molecule has 52 valence electrons. The lowest BCUT2D eigenvalue weighted by Crippen LogP contribution is -1.82. The van der Waals surface area contributed by atoms with E-state index in [0.29, 0.717) is 0 Å². The van der Waals surface area contributed by atoms with Crippen LogP contribution in [0.4, 0.5) is 0 Å². The third-order valence-electron chi connectivity index (χ3n) is 1.04. The van der Waals surface area contributed by atoms with Gasteiger partial charge in [-0.2, -0.15) is 0 Å². The van der Waals surface area contributed by atoms with Gasteiger partial charge >= 0.3 is 0 Å². The minimum atomic E-state index is 0.796. The van der Waals surface area contributed by atoms with Crippen LogP contribution in [0.25, 0.3) is 0 Å². The molecular weight excluding hydrogens is 144 g/mol. The maximum atomic E-state index is 6.76. The van der Waals surface area contributed by atoms with E-state index in [1.54, 1.807) is 6.20 Å². The topological polar surface area (TPSA) is 36.7 Å². The molecule has 0 aliphatic rings. The molecule has 1 aromatic rings. The van der Waals surface area contributed by atoms with Crippen LogP contribution in [0.1, 0.15) is 5.69 Å². The number of nitrogens with zero attached hydrogens (tertiary/aromatic N) is 1. The predicted octanol–water partition coefficient (Wildman–Crippen LogP) is 1.92. The van der Waals surface area contributed by atoms with Gasteiger partial charge in [0.2, 0.25) is 0 Å². The molecule has 1 aromatic heterocycles. The molecule has 1 N–H and O–H groups in total. The Morgan fingerprint density at radius 2 is 2.50 bits per heavy atom. The molecule has 1 rings (SSSR count). The summed E-state index contributed by atoms with van der Waals surface area (Å²) in [5, 5.41) is 6.76. The second kappa shape index (κ2) is 4.06. The Kier molecular flexibility index (Phi) is 2.96. The quantitative estimate of drug-likeness (QED) is 0.530. The highest BCUT2D eigenvalue weighted by Crippen LogP contribution is 2.04. The zero-order valence-electron chi connectivity index (χ0n) is 5.45. The summed E-state index contributed by atoms with van der Waals surface area (Å²) >= 11 is 1.44. The van der Waals surface area contributed by atoms with Crippen molar-refractivity contribution < 1.29 is 0 Å². The third kappa shape index (κ3) is 2.19. The Morgan fingerprint density at radius 1 is 1.60 bits per heavy atom. The standard InChI is InChI=1S/C7H8N2S/c8-6-10-5-7-3-1-2-4-9-7/h1-4,6,8H,5H2. The third-order valence-corrected chi connectivity index (χ3v) is 1.67. The van der Waals surface area contributed by atoms with Gasteiger partial charge in [-0.3, -0.25) is 4.98 Å². The Morgan fingerprint density at radius 3 is 3.10 bits per heavy atom. The van der Waals surface area contributed by atoms with E-state index in [2.05, 4.69) is 4.98 Å². The summed E-state index contributed by atoms with van der Waals surface area (Å²) < 4.78 is 0. The van der Waals surface area contributed by atoms with Gasteiger partial charge in [-0.1, -0.05) is 6.07 Å². The fourth-order valence-electron chi connectivity index (χ4n) is 0.611. The number of hydrogen-bond donors (Lipinski definition) is 1. The number of hydrogen-bond acceptors (Lipinski definition) is 3. The monoisotopic (exact) mass is 152 g/mol. The second-order valence-corrected chi connectivity index (χ2v) is 2.61. The highest BCUT2D eigenvalue weighted by atomic mass is 32.2. The van der Waals surface area contributed by atoms with E-state index in [-0.39, 0.29) is 0 Å². The summed E-state index contributed by atoms with van der Waals surface area (Å²) in [7, 11) is 0. The largest absolute Gasteiger partial charge is 0.302 e. The lowest BCUT2D eigenvalue weighted by Gasteiger charge is -1.92. The van der Waals surface area contributed by atoms with Crippen LogP contribution in [0, 0.1) is 5.41 Å². The summed E-state index contributed by atoms with van der Waals surface area (Å²) in [5.41, 5.74) is 2.35. The predicted molar refractivity (Wildman–Crippen MR) is 44.3 cm³/mol. The fourth-order valence-corrected chi connectivity index (χ4v) is 1.04. The van der Waals surface area contributed by atoms with Crippen LogP contribution < -0.4 is 0 Å². The molecule has 0 amide bonds. The smallest absolute Gasteiger partial charge is 0.0510 e. The normalized spacial score (nSPS) is 9.20. The first-order valence-corrected chi connectivity index (χ1v) is 3.99. The van der Waals surface area contributed by atoms with Gasteiger partial charge in [-0.25, -0.2) is 0 Å². The number of rotatable bonds is 3. The van der Waals surface area contributed by atoms with Crippen LogP contribution in [0.15, 0.2) is 24.4 Å². The van der Waals surface area contributed by atoms with Gasteiger partial charge in [0, 0.05) is 11.9 Å². The highest BCUT2D eigenvalue weighted by molar-refractivity contribution is 8.11. The molecule has 0 unspecified atom stereocenters. The molecule has 2 nitrogen and oxygen atoms in total. The van der Waals surface area contributed by atoms with Crippen molar-refractivity contribution in [2.24, 2.45) is 0 Å². The summed E-state index contributed by atoms with van der Waals surface area (Å²) in [6.45, 7) is 0. The van der Waals surface area contributed by atoms with E-state index in [9.17, 15) is 0 Å². The molecule has 0 aromatic carbocycles. The van der Waals surface area contributed by atoms with E-state index in [1.165, 1.54) is 17.3 Å². The number of nitrogens with one attached hydrogen (secondary N) is 1. The molecule has 1 heterocycles. The Labute approximate surface area is 64.2 Å². The summed E-state index contributed by atoms with van der Waals surface area (Å²) in [5.74, 6) is 0.796. The first kappa shape index (κ1) is 7.28. The van der Waals surface area contributed by atoms with Crippen molar-refractivity contribution >= 4 is 17.3 Å². The van der Waals surface area contributed by atoms with E-state index >= 15 is 0 Å². The molecule has 0 atom stereocenters. The van der Waals surface area contributed by atoms with Crippen LogP contribution in [0.2, 0.25) is 0 Å². The van der Waals surface area contributed by atoms with Crippen LogP contribution in [0.3, 0.4) is 0 Å². The zero-order chi connectivity index (χ0) is 7.23. The van der Waals surface area contributed by atoms with Crippen LogP contribution >= 0.6 is 11.8 Å². The van der Waals surface area contributed by atoms with Crippen LogP contribution in [-0.4, -0.2) is 10.5 Å². The molecule has 0 spiro atoms. The molecular formula is C7H8N2S. The van der Waals surface area contributed by atoms with Gasteiger partial charge in [0.05, 0.1) is 11.2 Å². The highest BCUT2D eigenvalue weighted by Gasteiger charge is 1.88. The Hall–Kier alpha value is -0.830. The van der Waals surface area contributed by atoms with E-state index in [4.69, 9.17) is 5.41 Å². The van der Waals surface area contributed by atoms with Gasteiger partial charge in [-0.15, -0.1) is 11.8 Å². The first-order chi connectivity index (χ1) is 4.93. The average molecular weight is 152 g/mol. The van der Waals surface area contributed by atoms with Gasteiger partial charge in [0.15, 0.2) is 0 Å². The molecule has 0 fully saturated rings. The van der Waals surface area contributed by atoms with Crippen molar-refractivity contribution in [1.29, 1.82) is 5.41 Å². The Balaban J connectivity index is 2.50. The molecule has 0 bridgehead atoms. The summed E-state index contributed by atoms with van der Waals surface area (Å²) in [4.78, 5) is 4.09. The zero-order valence-corrected chi connectivity index (χ0v) is 6.27. The second-order valence-electron chi connectivity index (χ2n) is 1.75. The molecule has 10 heavy (non-hydrogen) atoms. The van der Waals surface area contributed by atoms with Crippen molar-refractivity contribution in [2.45, 2.75) is 5.75 Å². The van der Waals surface area contributed by atoms with E-state index in [1.807, 2.05) is 18.2 Å². The maximum absolute atomic E-state index is 6.76. The van der Waals surface area contributed by atoms with Crippen molar-refractivity contribution in [1.82, 2.24) is 4.98 Å². The van der Waals surface area contributed by atoms with Crippen molar-refractivity contribution in [3.05, 3.63) is 30.1 Å². The van der Waals surface area contributed by atoms with E-state index < -0.39 is 0 Å². The van der Waals surface area contributed by atoms with Gasteiger partial charge in [0.1, 0.15) is 0 Å². The van der Waals surface area contributed by atoms with Gasteiger partial charge in [-0.05, 0) is 12.1 Å². The molecule has 0 saturated heterocycles. The fraction of sp³-hybridized carbons (Fsp3) is 0.143. The summed E-state index contributed by atoms with van der Waals surface area (Å²) in [6, 6.07) is 5.79. The minimum absolute atomic E-state index is 0.796. The molecule has 0 aliphatic carbocycles. The molecule has 0 radical (unpaired) electrons. The molecule has 3 heteroatoms. The molecule has 0 aliphatic heterocycles. The average Bonchev–Trinajstić information content (AvgIpc) is 2.03. The number of aromatic nitrogens is 1. The van der Waals surface area contributed by atoms with Gasteiger partial charge in [0.25, 0.3) is 0 Å². The first-order valence-electron chi connectivity index (χ1n) is 2.94.